The summed E-state index contributed by atoms with van der Waals surface area (Å²) in [6, 6.07) is 3.38. The molecule has 104 valence electrons. The fourth-order valence-electron chi connectivity index (χ4n) is 2.73. The molecular weight excluding hydrogens is 264 g/mol. The molecule has 0 amide bonds. The van der Waals surface area contributed by atoms with E-state index in [0.29, 0.717) is 17.8 Å². The lowest BCUT2D eigenvalue weighted by Crippen LogP contribution is -2.36. The fourth-order valence-corrected chi connectivity index (χ4v) is 2.93. The number of carbonyl (C=O) groups is 1. The molecule has 5 heteroatoms. The standard InChI is InChI=1S/C14H19ClN2O2/c1-9-4-3-5-11(6-9)17(2)13-8-10(14(18)19)7-12(15)16-13/h7-9,11H,3-6H2,1-2H3,(H,18,19). The van der Waals surface area contributed by atoms with Gasteiger partial charge < -0.3 is 10.0 Å². The number of hydrogen-bond acceptors (Lipinski definition) is 3. The van der Waals surface area contributed by atoms with Crippen LogP contribution in [0.5, 0.6) is 0 Å². The third-order valence-electron chi connectivity index (χ3n) is 3.85. The zero-order valence-electron chi connectivity index (χ0n) is 11.3. The van der Waals surface area contributed by atoms with Gasteiger partial charge in [-0.05, 0) is 30.9 Å². The molecule has 1 aromatic rings. The van der Waals surface area contributed by atoms with E-state index in [0.717, 1.165) is 12.8 Å². The lowest BCUT2D eigenvalue weighted by molar-refractivity contribution is 0.0696. The Morgan fingerprint density at radius 3 is 2.84 bits per heavy atom. The maximum atomic E-state index is 11.1. The van der Waals surface area contributed by atoms with Gasteiger partial charge in [-0.3, -0.25) is 0 Å². The molecule has 19 heavy (non-hydrogen) atoms. The Kier molecular flexibility index (Phi) is 4.30. The molecule has 1 fully saturated rings. The minimum absolute atomic E-state index is 0.186. The summed E-state index contributed by atoms with van der Waals surface area (Å²) >= 11 is 5.90. The number of rotatable bonds is 3. The minimum Gasteiger partial charge on any atom is -0.478 e. The van der Waals surface area contributed by atoms with Gasteiger partial charge in [0, 0.05) is 13.1 Å². The van der Waals surface area contributed by atoms with Crippen LogP contribution in [-0.4, -0.2) is 29.1 Å². The van der Waals surface area contributed by atoms with Crippen molar-refractivity contribution in [1.82, 2.24) is 4.98 Å². The number of pyridine rings is 1. The van der Waals surface area contributed by atoms with Crippen molar-refractivity contribution >= 4 is 23.4 Å². The highest BCUT2D eigenvalue weighted by Crippen LogP contribution is 2.29. The van der Waals surface area contributed by atoms with E-state index in [1.54, 1.807) is 6.07 Å². The SMILES string of the molecule is CC1CCCC(N(C)c2cc(C(=O)O)cc(Cl)n2)C1. The van der Waals surface area contributed by atoms with Gasteiger partial charge in [-0.1, -0.05) is 31.4 Å². The average Bonchev–Trinajstić information content (AvgIpc) is 2.37. The molecule has 0 aromatic carbocycles. The van der Waals surface area contributed by atoms with Crippen LogP contribution in [0.15, 0.2) is 12.1 Å². The highest BCUT2D eigenvalue weighted by molar-refractivity contribution is 6.29. The number of carboxylic acids is 1. The van der Waals surface area contributed by atoms with Crippen molar-refractivity contribution in [2.75, 3.05) is 11.9 Å². The normalized spacial score (nSPS) is 23.1. The van der Waals surface area contributed by atoms with Gasteiger partial charge in [-0.15, -0.1) is 0 Å². The molecule has 2 unspecified atom stereocenters. The number of aromatic nitrogens is 1. The molecule has 1 aliphatic carbocycles. The maximum absolute atomic E-state index is 11.1. The van der Waals surface area contributed by atoms with E-state index in [-0.39, 0.29) is 10.7 Å². The molecule has 2 rings (SSSR count). The fraction of sp³-hybridized carbons (Fsp3) is 0.571. The van der Waals surface area contributed by atoms with Gasteiger partial charge in [0.05, 0.1) is 5.56 Å². The molecule has 0 aliphatic heterocycles. The number of anilines is 1. The van der Waals surface area contributed by atoms with Crippen LogP contribution in [0.25, 0.3) is 0 Å². The predicted molar refractivity (Wildman–Crippen MR) is 76.0 cm³/mol. The van der Waals surface area contributed by atoms with Gasteiger partial charge >= 0.3 is 5.97 Å². The zero-order valence-corrected chi connectivity index (χ0v) is 12.0. The monoisotopic (exact) mass is 282 g/mol. The Hall–Kier alpha value is -1.29. The number of nitrogens with zero attached hydrogens (tertiary/aromatic N) is 2. The first-order chi connectivity index (χ1) is 8.97. The molecule has 0 radical (unpaired) electrons. The van der Waals surface area contributed by atoms with Crippen LogP contribution in [0.3, 0.4) is 0 Å². The van der Waals surface area contributed by atoms with Gasteiger partial charge in [0.15, 0.2) is 0 Å². The van der Waals surface area contributed by atoms with Crippen molar-refractivity contribution in [1.29, 1.82) is 0 Å². The third-order valence-corrected chi connectivity index (χ3v) is 4.04. The first kappa shape index (κ1) is 14.1. The molecule has 1 saturated carbocycles. The van der Waals surface area contributed by atoms with E-state index in [1.165, 1.54) is 18.9 Å². The Morgan fingerprint density at radius 2 is 2.21 bits per heavy atom. The summed E-state index contributed by atoms with van der Waals surface area (Å²) in [4.78, 5) is 17.4. The van der Waals surface area contributed by atoms with Crippen molar-refractivity contribution in [3.05, 3.63) is 22.8 Å². The van der Waals surface area contributed by atoms with Crippen LogP contribution in [0.2, 0.25) is 5.15 Å². The van der Waals surface area contributed by atoms with Crippen LogP contribution in [0.4, 0.5) is 5.82 Å². The highest BCUT2D eigenvalue weighted by Gasteiger charge is 2.24. The maximum Gasteiger partial charge on any atom is 0.335 e. The molecule has 0 saturated heterocycles. The number of hydrogen-bond donors (Lipinski definition) is 1. The lowest BCUT2D eigenvalue weighted by Gasteiger charge is -2.35. The Bertz CT molecular complexity index is 479. The van der Waals surface area contributed by atoms with E-state index >= 15 is 0 Å². The largest absolute Gasteiger partial charge is 0.478 e. The van der Waals surface area contributed by atoms with E-state index in [4.69, 9.17) is 16.7 Å². The number of carboxylic acid groups (broad SMARTS) is 1. The van der Waals surface area contributed by atoms with Crippen molar-refractivity contribution in [3.8, 4) is 0 Å². The quantitative estimate of drug-likeness (QED) is 0.863. The van der Waals surface area contributed by atoms with Crippen molar-refractivity contribution in [3.63, 3.8) is 0 Å². The summed E-state index contributed by atoms with van der Waals surface area (Å²) in [5.41, 5.74) is 0.186. The Balaban J connectivity index is 2.22. The second-order valence-corrected chi connectivity index (χ2v) is 5.77. The lowest BCUT2D eigenvalue weighted by atomic mass is 9.86. The zero-order chi connectivity index (χ0) is 14.0. The summed E-state index contributed by atoms with van der Waals surface area (Å²) in [6.45, 7) is 2.26. The van der Waals surface area contributed by atoms with Gasteiger partial charge in [-0.25, -0.2) is 9.78 Å². The second-order valence-electron chi connectivity index (χ2n) is 5.38. The third kappa shape index (κ3) is 3.38. The summed E-state index contributed by atoms with van der Waals surface area (Å²) < 4.78 is 0. The van der Waals surface area contributed by atoms with Crippen molar-refractivity contribution in [2.24, 2.45) is 5.92 Å². The summed E-state index contributed by atoms with van der Waals surface area (Å²) in [5, 5.41) is 9.29. The van der Waals surface area contributed by atoms with Gasteiger partial charge in [0.1, 0.15) is 11.0 Å². The van der Waals surface area contributed by atoms with Crippen LogP contribution in [0.1, 0.15) is 43.0 Å². The minimum atomic E-state index is -0.976. The van der Waals surface area contributed by atoms with Crippen molar-refractivity contribution < 1.29 is 9.90 Å². The highest BCUT2D eigenvalue weighted by atomic mass is 35.5. The molecule has 1 aromatic heterocycles. The summed E-state index contributed by atoms with van der Waals surface area (Å²) in [5.74, 6) is 0.374. The average molecular weight is 283 g/mol. The molecular formula is C14H19ClN2O2. The second kappa shape index (κ2) is 5.78. The van der Waals surface area contributed by atoms with Crippen molar-refractivity contribution in [2.45, 2.75) is 38.6 Å². The topological polar surface area (TPSA) is 53.4 Å². The Labute approximate surface area is 118 Å². The van der Waals surface area contributed by atoms with Crippen LogP contribution < -0.4 is 4.90 Å². The summed E-state index contributed by atoms with van der Waals surface area (Å²) in [7, 11) is 1.97. The smallest absolute Gasteiger partial charge is 0.335 e. The van der Waals surface area contributed by atoms with Gasteiger partial charge in [-0.2, -0.15) is 0 Å². The molecule has 1 aliphatic rings. The predicted octanol–water partition coefficient (Wildman–Crippen LogP) is 3.45. The summed E-state index contributed by atoms with van der Waals surface area (Å²) in [6.07, 6.45) is 4.72. The number of halogens is 1. The van der Waals surface area contributed by atoms with E-state index in [1.807, 2.05) is 7.05 Å². The number of aromatic carboxylic acids is 1. The van der Waals surface area contributed by atoms with Gasteiger partial charge in [0.2, 0.25) is 0 Å². The Morgan fingerprint density at radius 1 is 1.47 bits per heavy atom. The molecule has 2 atom stereocenters. The first-order valence-electron chi connectivity index (χ1n) is 6.61. The molecule has 4 nitrogen and oxygen atoms in total. The molecule has 0 bridgehead atoms. The molecule has 0 spiro atoms. The van der Waals surface area contributed by atoms with Crippen LogP contribution in [0, 0.1) is 5.92 Å². The van der Waals surface area contributed by atoms with E-state index in [2.05, 4.69) is 16.8 Å². The van der Waals surface area contributed by atoms with E-state index in [9.17, 15) is 4.79 Å². The first-order valence-corrected chi connectivity index (χ1v) is 6.99. The van der Waals surface area contributed by atoms with Gasteiger partial charge in [0.25, 0.3) is 0 Å². The van der Waals surface area contributed by atoms with E-state index < -0.39 is 5.97 Å². The molecule has 1 heterocycles. The van der Waals surface area contributed by atoms with Crippen LogP contribution >= 0.6 is 11.6 Å². The molecule has 1 N–H and O–H groups in total. The van der Waals surface area contributed by atoms with Crippen LogP contribution in [-0.2, 0) is 0 Å².